The van der Waals surface area contributed by atoms with Gasteiger partial charge in [0, 0.05) is 18.8 Å². The van der Waals surface area contributed by atoms with Gasteiger partial charge in [0.05, 0.1) is 24.0 Å². The Balaban J connectivity index is 1.62. The van der Waals surface area contributed by atoms with Crippen LogP contribution < -0.4 is 5.32 Å². The van der Waals surface area contributed by atoms with Gasteiger partial charge in [-0.15, -0.1) is 0 Å². The Labute approximate surface area is 146 Å². The number of hydrogen-bond donors (Lipinski definition) is 1. The summed E-state index contributed by atoms with van der Waals surface area (Å²) in [4.78, 5) is 23.4. The molecule has 1 amide bonds. The topological polar surface area (TPSA) is 102 Å². The number of morpholine rings is 1. The van der Waals surface area contributed by atoms with E-state index in [0.717, 1.165) is 12.8 Å². The molecular weight excluding hydrogens is 348 g/mol. The molecule has 0 spiro atoms. The summed E-state index contributed by atoms with van der Waals surface area (Å²) in [5.74, 6) is -0.941. The molecule has 1 N–H and O–H groups in total. The number of benzene rings is 1. The van der Waals surface area contributed by atoms with Crippen molar-refractivity contribution in [1.82, 2.24) is 4.31 Å². The third-order valence-corrected chi connectivity index (χ3v) is 5.88. The Bertz CT molecular complexity index is 754. The molecule has 2 fully saturated rings. The van der Waals surface area contributed by atoms with Crippen LogP contribution in [0.2, 0.25) is 0 Å². The fraction of sp³-hybridized carbons (Fsp3) is 0.500. The maximum atomic E-state index is 12.6. The van der Waals surface area contributed by atoms with E-state index < -0.39 is 15.9 Å². The van der Waals surface area contributed by atoms with Crippen LogP contribution >= 0.6 is 0 Å². The molecule has 1 saturated carbocycles. The van der Waals surface area contributed by atoms with Crippen LogP contribution in [0.4, 0.5) is 5.69 Å². The van der Waals surface area contributed by atoms with Gasteiger partial charge in [-0.25, -0.2) is 8.42 Å². The van der Waals surface area contributed by atoms with Gasteiger partial charge in [-0.05, 0) is 31.0 Å². The van der Waals surface area contributed by atoms with Crippen LogP contribution in [0.3, 0.4) is 0 Å². The van der Waals surface area contributed by atoms with Crippen molar-refractivity contribution < 1.29 is 27.5 Å². The van der Waals surface area contributed by atoms with Crippen molar-refractivity contribution >= 4 is 27.6 Å². The SMILES string of the molecule is O=C(COC(=O)C1CC1)Nc1cccc(S(=O)(=O)N2CCOCC2)c1. The van der Waals surface area contributed by atoms with E-state index in [0.29, 0.717) is 32.0 Å². The standard InChI is InChI=1S/C16H20N2O6S/c19-15(11-24-16(20)12-4-5-12)17-13-2-1-3-14(10-13)25(21,22)18-6-8-23-9-7-18/h1-3,10,12H,4-9,11H2,(H,17,19). The number of carbonyl (C=O) groups excluding carboxylic acids is 2. The number of nitrogens with one attached hydrogen (secondary N) is 1. The van der Waals surface area contributed by atoms with Crippen LogP contribution in [0, 0.1) is 5.92 Å². The molecular formula is C16H20N2O6S. The van der Waals surface area contributed by atoms with Crippen LogP contribution in [0.1, 0.15) is 12.8 Å². The van der Waals surface area contributed by atoms with E-state index in [4.69, 9.17) is 9.47 Å². The van der Waals surface area contributed by atoms with Crippen LogP contribution in [-0.2, 0) is 29.1 Å². The summed E-state index contributed by atoms with van der Waals surface area (Å²) in [7, 11) is -3.63. The Morgan fingerprint density at radius 1 is 1.24 bits per heavy atom. The normalized spacial score (nSPS) is 18.6. The predicted molar refractivity (Wildman–Crippen MR) is 88.3 cm³/mol. The molecule has 2 aliphatic rings. The summed E-state index contributed by atoms with van der Waals surface area (Å²) in [5.41, 5.74) is 0.335. The van der Waals surface area contributed by atoms with Gasteiger partial charge in [-0.1, -0.05) is 6.07 Å². The molecule has 1 heterocycles. The zero-order valence-electron chi connectivity index (χ0n) is 13.6. The molecule has 1 saturated heterocycles. The molecule has 1 aliphatic heterocycles. The number of sulfonamides is 1. The number of ether oxygens (including phenoxy) is 2. The van der Waals surface area contributed by atoms with E-state index in [1.807, 2.05) is 0 Å². The summed E-state index contributed by atoms with van der Waals surface area (Å²) in [6.07, 6.45) is 1.61. The van der Waals surface area contributed by atoms with Crippen LogP contribution in [0.5, 0.6) is 0 Å². The lowest BCUT2D eigenvalue weighted by atomic mass is 10.3. The first-order chi connectivity index (χ1) is 12.0. The maximum Gasteiger partial charge on any atom is 0.309 e. The first-order valence-electron chi connectivity index (χ1n) is 8.11. The molecule has 9 heteroatoms. The highest BCUT2D eigenvalue weighted by Crippen LogP contribution is 2.30. The molecule has 0 bridgehead atoms. The van der Waals surface area contributed by atoms with Crippen molar-refractivity contribution in [3.05, 3.63) is 24.3 Å². The van der Waals surface area contributed by atoms with Gasteiger partial charge in [0.1, 0.15) is 0 Å². The van der Waals surface area contributed by atoms with Crippen LogP contribution in [0.15, 0.2) is 29.2 Å². The van der Waals surface area contributed by atoms with Crippen molar-refractivity contribution in [3.8, 4) is 0 Å². The summed E-state index contributed by atoms with van der Waals surface area (Å²) in [6.45, 7) is 0.950. The van der Waals surface area contributed by atoms with Gasteiger partial charge in [-0.3, -0.25) is 9.59 Å². The molecule has 0 atom stereocenters. The van der Waals surface area contributed by atoms with Crippen molar-refractivity contribution in [2.24, 2.45) is 5.92 Å². The molecule has 0 unspecified atom stereocenters. The minimum atomic E-state index is -3.63. The zero-order valence-corrected chi connectivity index (χ0v) is 14.5. The molecule has 0 aromatic heterocycles. The van der Waals surface area contributed by atoms with E-state index in [2.05, 4.69) is 5.32 Å². The van der Waals surface area contributed by atoms with Crippen molar-refractivity contribution in [2.75, 3.05) is 38.2 Å². The van der Waals surface area contributed by atoms with Crippen molar-refractivity contribution in [3.63, 3.8) is 0 Å². The number of esters is 1. The highest BCUT2D eigenvalue weighted by atomic mass is 32.2. The number of hydrogen-bond acceptors (Lipinski definition) is 6. The molecule has 1 aliphatic carbocycles. The average Bonchev–Trinajstić information content (AvgIpc) is 3.46. The van der Waals surface area contributed by atoms with E-state index in [1.165, 1.54) is 16.4 Å². The van der Waals surface area contributed by atoms with Crippen molar-refractivity contribution in [1.29, 1.82) is 0 Å². The summed E-state index contributed by atoms with van der Waals surface area (Å²) in [6, 6.07) is 6.01. The molecule has 0 radical (unpaired) electrons. The molecule has 8 nitrogen and oxygen atoms in total. The summed E-state index contributed by atoms with van der Waals surface area (Å²) in [5, 5.41) is 2.55. The minimum Gasteiger partial charge on any atom is -0.455 e. The Morgan fingerprint density at radius 2 is 1.96 bits per heavy atom. The van der Waals surface area contributed by atoms with Gasteiger partial charge in [0.2, 0.25) is 10.0 Å². The highest BCUT2D eigenvalue weighted by Gasteiger charge is 2.31. The number of carbonyl (C=O) groups is 2. The van der Waals surface area contributed by atoms with Gasteiger partial charge in [-0.2, -0.15) is 4.31 Å². The second-order valence-electron chi connectivity index (χ2n) is 5.97. The second-order valence-corrected chi connectivity index (χ2v) is 7.91. The average molecular weight is 368 g/mol. The van der Waals surface area contributed by atoms with Gasteiger partial charge in [0.15, 0.2) is 6.61 Å². The number of rotatable bonds is 6. The van der Waals surface area contributed by atoms with Crippen molar-refractivity contribution in [2.45, 2.75) is 17.7 Å². The molecule has 136 valence electrons. The molecule has 3 rings (SSSR count). The van der Waals surface area contributed by atoms with Crippen LogP contribution in [0.25, 0.3) is 0 Å². The lowest BCUT2D eigenvalue weighted by Gasteiger charge is -2.26. The Kier molecular flexibility index (Phi) is 5.36. The van der Waals surface area contributed by atoms with E-state index in [1.54, 1.807) is 12.1 Å². The third kappa shape index (κ3) is 4.56. The lowest BCUT2D eigenvalue weighted by Crippen LogP contribution is -2.40. The van der Waals surface area contributed by atoms with E-state index >= 15 is 0 Å². The second kappa shape index (κ2) is 7.51. The number of amides is 1. The highest BCUT2D eigenvalue weighted by molar-refractivity contribution is 7.89. The van der Waals surface area contributed by atoms with E-state index in [-0.39, 0.29) is 23.4 Å². The Hall–Kier alpha value is -1.97. The summed E-state index contributed by atoms with van der Waals surface area (Å²) >= 11 is 0. The first-order valence-corrected chi connectivity index (χ1v) is 9.55. The fourth-order valence-corrected chi connectivity index (χ4v) is 3.90. The van der Waals surface area contributed by atoms with Gasteiger partial charge >= 0.3 is 5.97 Å². The zero-order chi connectivity index (χ0) is 17.9. The van der Waals surface area contributed by atoms with Crippen LogP contribution in [-0.4, -0.2) is 57.5 Å². The predicted octanol–water partition coefficient (Wildman–Crippen LogP) is 0.599. The van der Waals surface area contributed by atoms with Gasteiger partial charge in [0.25, 0.3) is 5.91 Å². The van der Waals surface area contributed by atoms with Gasteiger partial charge < -0.3 is 14.8 Å². The molecule has 1 aromatic carbocycles. The third-order valence-electron chi connectivity index (χ3n) is 3.98. The maximum absolute atomic E-state index is 12.6. The summed E-state index contributed by atoms with van der Waals surface area (Å²) < 4.78 is 36.6. The Morgan fingerprint density at radius 3 is 2.64 bits per heavy atom. The monoisotopic (exact) mass is 368 g/mol. The first kappa shape index (κ1) is 17.8. The largest absolute Gasteiger partial charge is 0.455 e. The lowest BCUT2D eigenvalue weighted by molar-refractivity contribution is -0.148. The quantitative estimate of drug-likeness (QED) is 0.738. The molecule has 25 heavy (non-hydrogen) atoms. The molecule has 1 aromatic rings. The number of nitrogens with zero attached hydrogens (tertiary/aromatic N) is 1. The van der Waals surface area contributed by atoms with E-state index in [9.17, 15) is 18.0 Å². The minimum absolute atomic E-state index is 0.0743. The fourth-order valence-electron chi connectivity index (χ4n) is 2.44. The smallest absolute Gasteiger partial charge is 0.309 e. The number of anilines is 1.